The molecule has 1 atom stereocenters. The fraction of sp³-hybridized carbons (Fsp3) is 0.533. The van der Waals surface area contributed by atoms with Gasteiger partial charge in [0.25, 0.3) is 0 Å². The van der Waals surface area contributed by atoms with Gasteiger partial charge in [0.2, 0.25) is 6.79 Å². The van der Waals surface area contributed by atoms with E-state index in [4.69, 9.17) is 14.7 Å². The van der Waals surface area contributed by atoms with Crippen LogP contribution in [0, 0.1) is 30.1 Å². The summed E-state index contributed by atoms with van der Waals surface area (Å²) >= 11 is 0. The normalized spacial score (nSPS) is 14.5. The quantitative estimate of drug-likeness (QED) is 0.884. The molecule has 0 amide bonds. The molecule has 1 aromatic carbocycles. The Morgan fingerprint density at radius 3 is 2.63 bits per heavy atom. The van der Waals surface area contributed by atoms with Crippen molar-refractivity contribution in [1.29, 1.82) is 5.26 Å². The SMILES string of the molecule is Cc1cc2c(cc1CNCC(C#N)C(C)C)OCO2. The van der Waals surface area contributed by atoms with Crippen LogP contribution < -0.4 is 14.8 Å². The first kappa shape index (κ1) is 13.7. The van der Waals surface area contributed by atoms with Gasteiger partial charge in [0, 0.05) is 13.1 Å². The molecule has 0 saturated heterocycles. The second-order valence-corrected chi connectivity index (χ2v) is 5.24. The van der Waals surface area contributed by atoms with Gasteiger partial charge in [-0.15, -0.1) is 0 Å². The van der Waals surface area contributed by atoms with Gasteiger partial charge >= 0.3 is 0 Å². The Morgan fingerprint density at radius 2 is 2.00 bits per heavy atom. The van der Waals surface area contributed by atoms with Crippen molar-refractivity contribution in [3.63, 3.8) is 0 Å². The first-order valence-electron chi connectivity index (χ1n) is 6.61. The summed E-state index contributed by atoms with van der Waals surface area (Å²) in [5, 5.41) is 12.4. The van der Waals surface area contributed by atoms with Gasteiger partial charge in [-0.2, -0.15) is 5.26 Å². The molecule has 0 aliphatic carbocycles. The molecule has 1 unspecified atom stereocenters. The third-order valence-corrected chi connectivity index (χ3v) is 3.48. The number of hydrogen-bond acceptors (Lipinski definition) is 4. The molecule has 102 valence electrons. The summed E-state index contributed by atoms with van der Waals surface area (Å²) in [6.45, 7) is 7.96. The minimum Gasteiger partial charge on any atom is -0.454 e. The number of rotatable bonds is 5. The lowest BCUT2D eigenvalue weighted by atomic mass is 9.97. The number of hydrogen-bond donors (Lipinski definition) is 1. The first-order chi connectivity index (χ1) is 9.11. The molecule has 4 nitrogen and oxygen atoms in total. The third-order valence-electron chi connectivity index (χ3n) is 3.48. The minimum atomic E-state index is 0.0503. The van der Waals surface area contributed by atoms with Crippen LogP contribution in [-0.2, 0) is 6.54 Å². The molecule has 1 aliphatic heterocycles. The fourth-order valence-corrected chi connectivity index (χ4v) is 2.07. The van der Waals surface area contributed by atoms with Gasteiger partial charge in [-0.25, -0.2) is 0 Å². The Balaban J connectivity index is 1.95. The first-order valence-corrected chi connectivity index (χ1v) is 6.61. The molecule has 0 fully saturated rings. The molecular weight excluding hydrogens is 240 g/mol. The van der Waals surface area contributed by atoms with E-state index in [0.717, 1.165) is 18.0 Å². The summed E-state index contributed by atoms with van der Waals surface area (Å²) in [5.74, 6) is 2.05. The number of benzene rings is 1. The van der Waals surface area contributed by atoms with Crippen molar-refractivity contribution in [2.75, 3.05) is 13.3 Å². The number of ether oxygens (including phenoxy) is 2. The largest absolute Gasteiger partial charge is 0.454 e. The van der Waals surface area contributed by atoms with E-state index in [9.17, 15) is 0 Å². The molecule has 0 spiro atoms. The van der Waals surface area contributed by atoms with E-state index < -0.39 is 0 Å². The molecule has 0 radical (unpaired) electrons. The topological polar surface area (TPSA) is 54.3 Å². The summed E-state index contributed by atoms with van der Waals surface area (Å²) in [7, 11) is 0. The van der Waals surface area contributed by atoms with Crippen LogP contribution in [0.15, 0.2) is 12.1 Å². The Labute approximate surface area is 114 Å². The molecule has 1 aromatic rings. The highest BCUT2D eigenvalue weighted by atomic mass is 16.7. The molecular formula is C15H20N2O2. The van der Waals surface area contributed by atoms with E-state index in [1.54, 1.807) is 0 Å². The molecule has 1 aliphatic rings. The zero-order chi connectivity index (χ0) is 13.8. The van der Waals surface area contributed by atoms with Crippen molar-refractivity contribution in [3.05, 3.63) is 23.3 Å². The van der Waals surface area contributed by atoms with Crippen LogP contribution in [0.4, 0.5) is 0 Å². The summed E-state index contributed by atoms with van der Waals surface area (Å²) < 4.78 is 10.7. The second kappa shape index (κ2) is 5.94. The summed E-state index contributed by atoms with van der Waals surface area (Å²) in [6.07, 6.45) is 0. The Morgan fingerprint density at radius 1 is 1.32 bits per heavy atom. The van der Waals surface area contributed by atoms with E-state index in [1.165, 1.54) is 11.1 Å². The number of nitrogens with zero attached hydrogens (tertiary/aromatic N) is 1. The van der Waals surface area contributed by atoms with E-state index >= 15 is 0 Å². The van der Waals surface area contributed by atoms with Crippen LogP contribution in [0.2, 0.25) is 0 Å². The van der Waals surface area contributed by atoms with Crippen LogP contribution in [0.1, 0.15) is 25.0 Å². The Bertz CT molecular complexity index is 492. The van der Waals surface area contributed by atoms with Gasteiger partial charge < -0.3 is 14.8 Å². The predicted octanol–water partition coefficient (Wildman–Crippen LogP) is 2.61. The lowest BCUT2D eigenvalue weighted by Crippen LogP contribution is -2.25. The Kier molecular flexibility index (Phi) is 4.28. The van der Waals surface area contributed by atoms with E-state index in [2.05, 4.69) is 32.2 Å². The van der Waals surface area contributed by atoms with E-state index in [0.29, 0.717) is 19.3 Å². The monoisotopic (exact) mass is 260 g/mol. The molecule has 0 bridgehead atoms. The molecule has 4 heteroatoms. The molecule has 1 heterocycles. The fourth-order valence-electron chi connectivity index (χ4n) is 2.07. The van der Waals surface area contributed by atoms with Gasteiger partial charge in [-0.1, -0.05) is 13.8 Å². The number of nitrogens with one attached hydrogen (secondary N) is 1. The van der Waals surface area contributed by atoms with Gasteiger partial charge in [-0.05, 0) is 36.1 Å². The molecule has 0 saturated carbocycles. The van der Waals surface area contributed by atoms with Gasteiger partial charge in [0.15, 0.2) is 11.5 Å². The highest BCUT2D eigenvalue weighted by molar-refractivity contribution is 5.48. The van der Waals surface area contributed by atoms with Crippen molar-refractivity contribution in [1.82, 2.24) is 5.32 Å². The zero-order valence-corrected chi connectivity index (χ0v) is 11.7. The average Bonchev–Trinajstić information content (AvgIpc) is 2.81. The van der Waals surface area contributed by atoms with Crippen LogP contribution in [-0.4, -0.2) is 13.3 Å². The smallest absolute Gasteiger partial charge is 0.231 e. The van der Waals surface area contributed by atoms with E-state index in [1.807, 2.05) is 12.1 Å². The van der Waals surface area contributed by atoms with Crippen LogP contribution in [0.3, 0.4) is 0 Å². The summed E-state index contributed by atoms with van der Waals surface area (Å²) in [5.41, 5.74) is 2.36. The van der Waals surface area contributed by atoms with E-state index in [-0.39, 0.29) is 5.92 Å². The summed E-state index contributed by atoms with van der Waals surface area (Å²) in [6, 6.07) is 6.36. The maximum absolute atomic E-state index is 9.05. The zero-order valence-electron chi connectivity index (χ0n) is 11.7. The van der Waals surface area contributed by atoms with Crippen molar-refractivity contribution in [2.24, 2.45) is 11.8 Å². The summed E-state index contributed by atoms with van der Waals surface area (Å²) in [4.78, 5) is 0. The standard InChI is InChI=1S/C15H20N2O2/c1-10(2)13(6-16)8-17-7-12-5-15-14(4-11(12)3)18-9-19-15/h4-5,10,13,17H,7-9H2,1-3H3. The molecule has 0 aromatic heterocycles. The highest BCUT2D eigenvalue weighted by Crippen LogP contribution is 2.34. The average molecular weight is 260 g/mol. The van der Waals surface area contributed by atoms with Crippen LogP contribution in [0.25, 0.3) is 0 Å². The molecule has 2 rings (SSSR count). The van der Waals surface area contributed by atoms with Crippen molar-refractivity contribution < 1.29 is 9.47 Å². The molecule has 19 heavy (non-hydrogen) atoms. The lowest BCUT2D eigenvalue weighted by Gasteiger charge is -2.14. The number of nitriles is 1. The maximum atomic E-state index is 9.05. The number of aryl methyl sites for hydroxylation is 1. The highest BCUT2D eigenvalue weighted by Gasteiger charge is 2.16. The second-order valence-electron chi connectivity index (χ2n) is 5.24. The Hall–Kier alpha value is -1.73. The van der Waals surface area contributed by atoms with Gasteiger partial charge in [0.05, 0.1) is 12.0 Å². The maximum Gasteiger partial charge on any atom is 0.231 e. The third kappa shape index (κ3) is 3.18. The van der Waals surface area contributed by atoms with Crippen molar-refractivity contribution in [2.45, 2.75) is 27.3 Å². The lowest BCUT2D eigenvalue weighted by molar-refractivity contribution is 0.174. The van der Waals surface area contributed by atoms with Gasteiger partial charge in [0.1, 0.15) is 0 Å². The van der Waals surface area contributed by atoms with Crippen LogP contribution in [0.5, 0.6) is 11.5 Å². The van der Waals surface area contributed by atoms with Gasteiger partial charge in [-0.3, -0.25) is 0 Å². The minimum absolute atomic E-state index is 0.0503. The van der Waals surface area contributed by atoms with Crippen molar-refractivity contribution >= 4 is 0 Å². The van der Waals surface area contributed by atoms with Crippen LogP contribution >= 0.6 is 0 Å². The molecule has 1 N–H and O–H groups in total. The number of fused-ring (bicyclic) bond motifs is 1. The predicted molar refractivity (Wildman–Crippen MR) is 72.9 cm³/mol. The van der Waals surface area contributed by atoms with Crippen molar-refractivity contribution in [3.8, 4) is 17.6 Å².